The number of para-hydroxylation sites is 2. The summed E-state index contributed by atoms with van der Waals surface area (Å²) in [4.78, 5) is 6.33. The molecule has 2 aromatic rings. The second-order valence-electron chi connectivity index (χ2n) is 5.23. The van der Waals surface area contributed by atoms with E-state index in [1.807, 2.05) is 48.2 Å². The van der Waals surface area contributed by atoms with Crippen LogP contribution in [0.3, 0.4) is 0 Å². The SMILES string of the molecule is CCN(C(=S)/N=C1\SCS(=O)(=O)N1c1ccccc1)c1ccccc1. The van der Waals surface area contributed by atoms with Crippen LogP contribution in [0.15, 0.2) is 65.7 Å². The maximum Gasteiger partial charge on any atom is 0.250 e. The molecule has 1 fully saturated rings. The molecule has 0 radical (unpaired) electrons. The van der Waals surface area contributed by atoms with Gasteiger partial charge in [0, 0.05) is 12.2 Å². The van der Waals surface area contributed by atoms with Crippen LogP contribution in [0, 0.1) is 0 Å². The van der Waals surface area contributed by atoms with Gasteiger partial charge in [-0.15, -0.1) is 0 Å². The molecule has 25 heavy (non-hydrogen) atoms. The molecular formula is C17H17N3O2S3. The molecule has 8 heteroatoms. The first-order valence-corrected chi connectivity index (χ1v) is 10.7. The lowest BCUT2D eigenvalue weighted by molar-refractivity contribution is 0.602. The van der Waals surface area contributed by atoms with Crippen molar-refractivity contribution in [2.24, 2.45) is 4.99 Å². The van der Waals surface area contributed by atoms with Crippen molar-refractivity contribution in [1.82, 2.24) is 0 Å². The van der Waals surface area contributed by atoms with Crippen molar-refractivity contribution in [2.75, 3.05) is 20.8 Å². The molecule has 0 N–H and O–H groups in total. The van der Waals surface area contributed by atoms with E-state index in [4.69, 9.17) is 12.2 Å². The molecule has 2 aromatic carbocycles. The normalized spacial score (nSPS) is 17.6. The number of aliphatic imine (C=N–C) groups is 1. The van der Waals surface area contributed by atoms with Crippen LogP contribution in [0.1, 0.15) is 6.92 Å². The Morgan fingerprint density at radius 1 is 1.16 bits per heavy atom. The van der Waals surface area contributed by atoms with E-state index in [0.717, 1.165) is 5.69 Å². The number of anilines is 2. The van der Waals surface area contributed by atoms with Gasteiger partial charge in [0.2, 0.25) is 5.11 Å². The molecular weight excluding hydrogens is 374 g/mol. The Hall–Kier alpha value is -1.90. The van der Waals surface area contributed by atoms with Gasteiger partial charge in [0.15, 0.2) is 5.17 Å². The third-order valence-corrected chi connectivity index (χ3v) is 7.15. The van der Waals surface area contributed by atoms with Crippen molar-refractivity contribution in [3.8, 4) is 0 Å². The second-order valence-corrected chi connectivity index (χ2v) is 8.72. The summed E-state index contributed by atoms with van der Waals surface area (Å²) in [5.41, 5.74) is 1.49. The Labute approximate surface area is 157 Å². The fourth-order valence-electron chi connectivity index (χ4n) is 2.45. The number of thiocarbonyl (C=S) groups is 1. The summed E-state index contributed by atoms with van der Waals surface area (Å²) in [6.07, 6.45) is 0. The number of hydrogen-bond donors (Lipinski definition) is 0. The average molecular weight is 392 g/mol. The molecule has 3 rings (SSSR count). The van der Waals surface area contributed by atoms with Gasteiger partial charge >= 0.3 is 0 Å². The van der Waals surface area contributed by atoms with Crippen LogP contribution in [-0.2, 0) is 10.0 Å². The summed E-state index contributed by atoms with van der Waals surface area (Å²) in [6, 6.07) is 18.6. The molecule has 1 heterocycles. The minimum Gasteiger partial charge on any atom is -0.317 e. The molecule has 1 aliphatic rings. The number of nitrogens with zero attached hydrogens (tertiary/aromatic N) is 3. The summed E-state index contributed by atoms with van der Waals surface area (Å²) in [5.74, 6) is 0. The zero-order valence-corrected chi connectivity index (χ0v) is 16.0. The third kappa shape index (κ3) is 3.86. The number of hydrogen-bond acceptors (Lipinski definition) is 4. The molecule has 0 spiro atoms. The van der Waals surface area contributed by atoms with Crippen LogP contribution in [0.5, 0.6) is 0 Å². The van der Waals surface area contributed by atoms with Crippen molar-refractivity contribution in [3.63, 3.8) is 0 Å². The van der Waals surface area contributed by atoms with E-state index in [1.54, 1.807) is 24.3 Å². The van der Waals surface area contributed by atoms with Crippen LogP contribution in [0.2, 0.25) is 0 Å². The van der Waals surface area contributed by atoms with Crippen LogP contribution in [0.25, 0.3) is 0 Å². The van der Waals surface area contributed by atoms with E-state index in [0.29, 0.717) is 22.5 Å². The zero-order valence-electron chi connectivity index (χ0n) is 13.6. The second kappa shape index (κ2) is 7.55. The maximum atomic E-state index is 12.4. The Morgan fingerprint density at radius 3 is 2.36 bits per heavy atom. The fourth-order valence-corrected chi connectivity index (χ4v) is 5.86. The summed E-state index contributed by atoms with van der Waals surface area (Å²) in [7, 11) is -3.44. The highest BCUT2D eigenvalue weighted by atomic mass is 32.3. The first kappa shape index (κ1) is 17.9. The smallest absolute Gasteiger partial charge is 0.250 e. The van der Waals surface area contributed by atoms with Gasteiger partial charge in [0.25, 0.3) is 10.0 Å². The number of benzene rings is 2. The number of sulfonamides is 1. The molecule has 0 atom stereocenters. The Kier molecular flexibility index (Phi) is 5.41. The molecule has 5 nitrogen and oxygen atoms in total. The number of rotatable bonds is 3. The quantitative estimate of drug-likeness (QED) is 0.747. The molecule has 0 aromatic heterocycles. The Balaban J connectivity index is 1.95. The fraction of sp³-hybridized carbons (Fsp3) is 0.176. The topological polar surface area (TPSA) is 53.0 Å². The minimum absolute atomic E-state index is 0.0409. The van der Waals surface area contributed by atoms with Gasteiger partial charge in [-0.3, -0.25) is 0 Å². The lowest BCUT2D eigenvalue weighted by atomic mass is 10.3. The highest BCUT2D eigenvalue weighted by Gasteiger charge is 2.36. The highest BCUT2D eigenvalue weighted by Crippen LogP contribution is 2.32. The van der Waals surface area contributed by atoms with Crippen molar-refractivity contribution in [2.45, 2.75) is 6.92 Å². The summed E-state index contributed by atoms with van der Waals surface area (Å²) < 4.78 is 26.1. The lowest BCUT2D eigenvalue weighted by Gasteiger charge is -2.22. The van der Waals surface area contributed by atoms with E-state index >= 15 is 0 Å². The molecule has 130 valence electrons. The Morgan fingerprint density at radius 2 is 1.76 bits per heavy atom. The van der Waals surface area contributed by atoms with E-state index in [1.165, 1.54) is 16.1 Å². The summed E-state index contributed by atoms with van der Waals surface area (Å²) in [5, 5.41) is 0.681. The molecule has 0 bridgehead atoms. The maximum absolute atomic E-state index is 12.4. The molecule has 0 unspecified atom stereocenters. The van der Waals surface area contributed by atoms with E-state index < -0.39 is 10.0 Å². The lowest BCUT2D eigenvalue weighted by Crippen LogP contribution is -2.33. The van der Waals surface area contributed by atoms with Crippen LogP contribution in [-0.4, -0.2) is 30.3 Å². The van der Waals surface area contributed by atoms with Crippen LogP contribution < -0.4 is 9.21 Å². The first-order chi connectivity index (χ1) is 12.0. The van der Waals surface area contributed by atoms with E-state index in [-0.39, 0.29) is 5.08 Å². The van der Waals surface area contributed by atoms with Gasteiger partial charge in [-0.1, -0.05) is 48.2 Å². The van der Waals surface area contributed by atoms with E-state index in [9.17, 15) is 8.42 Å². The standard InChI is InChI=1S/C17H17N3O2S3/c1-2-19(14-9-5-3-6-10-14)16(23)18-17-20(25(21,22)13-24-17)15-11-7-4-8-12-15/h3-12H,2,13H2,1H3/b18-17-. The number of amidine groups is 1. The molecule has 0 saturated carbocycles. The van der Waals surface area contributed by atoms with Crippen molar-refractivity contribution in [3.05, 3.63) is 60.7 Å². The van der Waals surface area contributed by atoms with Crippen molar-refractivity contribution >= 4 is 55.7 Å². The largest absolute Gasteiger partial charge is 0.317 e. The monoisotopic (exact) mass is 391 g/mol. The highest BCUT2D eigenvalue weighted by molar-refractivity contribution is 8.27. The zero-order chi connectivity index (χ0) is 17.9. The first-order valence-electron chi connectivity index (χ1n) is 7.69. The molecule has 0 amide bonds. The van der Waals surface area contributed by atoms with Gasteiger partial charge < -0.3 is 4.90 Å². The summed E-state index contributed by atoms with van der Waals surface area (Å²) >= 11 is 6.65. The van der Waals surface area contributed by atoms with E-state index in [2.05, 4.69) is 4.99 Å². The van der Waals surface area contributed by atoms with Gasteiger partial charge in [0.1, 0.15) is 5.08 Å². The third-order valence-electron chi connectivity index (χ3n) is 3.59. The van der Waals surface area contributed by atoms with Gasteiger partial charge in [-0.2, -0.15) is 4.99 Å². The summed E-state index contributed by atoms with van der Waals surface area (Å²) in [6.45, 7) is 2.62. The van der Waals surface area contributed by atoms with Crippen molar-refractivity contribution in [1.29, 1.82) is 0 Å². The average Bonchev–Trinajstić information content (AvgIpc) is 2.91. The van der Waals surface area contributed by atoms with Crippen LogP contribution in [0.4, 0.5) is 11.4 Å². The van der Waals surface area contributed by atoms with Gasteiger partial charge in [-0.25, -0.2) is 12.7 Å². The molecule has 1 saturated heterocycles. The number of thioether (sulfide) groups is 1. The van der Waals surface area contributed by atoms with Gasteiger partial charge in [0.05, 0.1) is 5.69 Å². The minimum atomic E-state index is -3.44. The predicted octanol–water partition coefficient (Wildman–Crippen LogP) is 3.69. The predicted molar refractivity (Wildman–Crippen MR) is 110 cm³/mol. The molecule has 1 aliphatic heterocycles. The van der Waals surface area contributed by atoms with Crippen LogP contribution >= 0.6 is 24.0 Å². The van der Waals surface area contributed by atoms with Gasteiger partial charge in [-0.05, 0) is 43.4 Å². The van der Waals surface area contributed by atoms with Crippen molar-refractivity contribution < 1.29 is 8.42 Å². The Bertz CT molecular complexity index is 884. The molecule has 0 aliphatic carbocycles.